The van der Waals surface area contributed by atoms with E-state index in [2.05, 4.69) is 15.2 Å². The number of imide groups is 1. The summed E-state index contributed by atoms with van der Waals surface area (Å²) in [5.41, 5.74) is 1.06. The number of nitrogens with zero attached hydrogens (tertiary/aromatic N) is 6. The topological polar surface area (TPSA) is 95.7 Å². The molecule has 2 amide bonds. The lowest BCUT2D eigenvalue weighted by molar-refractivity contribution is -0.142. The van der Waals surface area contributed by atoms with E-state index in [4.69, 9.17) is 4.42 Å². The zero-order valence-corrected chi connectivity index (χ0v) is 22.5. The molecule has 3 aromatic rings. The molecular weight excluding hydrogens is 570 g/mol. The standard InChI is InChI=1S/C27H26F6N6O3/c1-26(2)19-11-17(38-9-7-37(8-10-38)14-27(32,33)24(30)31)5-6-18(19)23(40)39(25(26)41)13-16-4-3-15(12-34-16)21-35-36-22(42-21)20(28)29/h3-6,11-12,20,24H,7-10,13-14H2,1-2H3. The first-order valence-electron chi connectivity index (χ1n) is 13.0. The van der Waals surface area contributed by atoms with Crippen LogP contribution in [0.4, 0.5) is 32.0 Å². The largest absolute Gasteiger partial charge is 0.415 e. The number of carbonyl (C=O) groups excluding carboxylic acids is 2. The number of hydrogen-bond donors (Lipinski definition) is 0. The van der Waals surface area contributed by atoms with Crippen molar-refractivity contribution in [3.63, 3.8) is 0 Å². The van der Waals surface area contributed by atoms with Gasteiger partial charge in [-0.25, -0.2) is 8.78 Å². The molecule has 0 saturated carbocycles. The van der Waals surface area contributed by atoms with E-state index in [1.54, 1.807) is 32.0 Å². The van der Waals surface area contributed by atoms with Crippen molar-refractivity contribution in [1.82, 2.24) is 25.0 Å². The van der Waals surface area contributed by atoms with Crippen LogP contribution in [0.3, 0.4) is 0 Å². The van der Waals surface area contributed by atoms with Gasteiger partial charge in [0, 0.05) is 43.6 Å². The molecule has 15 heteroatoms. The summed E-state index contributed by atoms with van der Waals surface area (Å²) >= 11 is 0. The number of piperazine rings is 1. The Labute approximate surface area is 236 Å². The first-order valence-corrected chi connectivity index (χ1v) is 13.0. The lowest BCUT2D eigenvalue weighted by Crippen LogP contribution is -2.52. The Morgan fingerprint density at radius 3 is 2.31 bits per heavy atom. The molecule has 4 heterocycles. The minimum Gasteiger partial charge on any atom is -0.415 e. The summed E-state index contributed by atoms with van der Waals surface area (Å²) in [5.74, 6) is -6.03. The number of alkyl halides is 6. The molecule has 2 aliphatic rings. The van der Waals surface area contributed by atoms with E-state index in [-0.39, 0.29) is 31.1 Å². The molecule has 42 heavy (non-hydrogen) atoms. The molecule has 1 aromatic carbocycles. The van der Waals surface area contributed by atoms with Crippen molar-refractivity contribution in [2.75, 3.05) is 37.6 Å². The van der Waals surface area contributed by atoms with Crippen LogP contribution < -0.4 is 4.90 Å². The molecule has 0 N–H and O–H groups in total. The second-order valence-electron chi connectivity index (χ2n) is 10.7. The highest BCUT2D eigenvalue weighted by atomic mass is 19.3. The molecule has 1 fully saturated rings. The summed E-state index contributed by atoms with van der Waals surface area (Å²) in [5, 5.41) is 6.84. The van der Waals surface area contributed by atoms with E-state index in [9.17, 15) is 35.9 Å². The number of benzene rings is 1. The van der Waals surface area contributed by atoms with E-state index in [0.717, 1.165) is 4.90 Å². The molecular formula is C27H26F6N6O3. The molecule has 0 atom stereocenters. The lowest BCUT2D eigenvalue weighted by atomic mass is 9.77. The molecule has 1 saturated heterocycles. The predicted octanol–water partition coefficient (Wildman–Crippen LogP) is 4.55. The fourth-order valence-corrected chi connectivity index (χ4v) is 5.04. The maximum Gasteiger partial charge on any atom is 0.319 e. The number of carbonyl (C=O) groups is 2. The number of aromatic nitrogens is 3. The Kier molecular flexibility index (Phi) is 7.72. The fraction of sp³-hybridized carbons (Fsp3) is 0.444. The molecule has 9 nitrogen and oxygen atoms in total. The van der Waals surface area contributed by atoms with E-state index in [1.807, 2.05) is 4.90 Å². The van der Waals surface area contributed by atoms with Gasteiger partial charge < -0.3 is 9.32 Å². The summed E-state index contributed by atoms with van der Waals surface area (Å²) in [6.45, 7) is 3.13. The molecule has 2 aliphatic heterocycles. The van der Waals surface area contributed by atoms with Crippen LogP contribution in [-0.4, -0.2) is 81.9 Å². The predicted molar refractivity (Wildman–Crippen MR) is 136 cm³/mol. The van der Waals surface area contributed by atoms with Crippen molar-refractivity contribution >= 4 is 17.5 Å². The summed E-state index contributed by atoms with van der Waals surface area (Å²) < 4.78 is 82.5. The van der Waals surface area contributed by atoms with Crippen molar-refractivity contribution in [3.8, 4) is 11.5 Å². The summed E-state index contributed by atoms with van der Waals surface area (Å²) in [6, 6.07) is 8.07. The molecule has 0 unspecified atom stereocenters. The first kappa shape index (κ1) is 29.5. The normalized spacial score (nSPS) is 17.9. The van der Waals surface area contributed by atoms with E-state index >= 15 is 0 Å². The third kappa shape index (κ3) is 5.56. The van der Waals surface area contributed by atoms with Crippen molar-refractivity contribution < 1.29 is 40.3 Å². The van der Waals surface area contributed by atoms with Crippen molar-refractivity contribution in [2.24, 2.45) is 0 Å². The molecule has 0 spiro atoms. The first-order chi connectivity index (χ1) is 19.8. The van der Waals surface area contributed by atoms with E-state index in [0.29, 0.717) is 35.6 Å². The van der Waals surface area contributed by atoms with Gasteiger partial charge in [0.2, 0.25) is 11.8 Å². The number of amides is 2. The van der Waals surface area contributed by atoms with Gasteiger partial charge in [-0.15, -0.1) is 10.2 Å². The van der Waals surface area contributed by atoms with Crippen LogP contribution in [-0.2, 0) is 16.8 Å². The maximum absolute atomic E-state index is 13.5. The van der Waals surface area contributed by atoms with Gasteiger partial charge >= 0.3 is 18.8 Å². The summed E-state index contributed by atoms with van der Waals surface area (Å²) in [6.07, 6.45) is -5.33. The average molecular weight is 597 g/mol. The monoisotopic (exact) mass is 596 g/mol. The van der Waals surface area contributed by atoms with Crippen LogP contribution in [0.2, 0.25) is 0 Å². The van der Waals surface area contributed by atoms with E-state index in [1.165, 1.54) is 23.2 Å². The van der Waals surface area contributed by atoms with Crippen LogP contribution in [0.15, 0.2) is 40.9 Å². The molecule has 5 rings (SSSR count). The fourth-order valence-electron chi connectivity index (χ4n) is 5.04. The Balaban J connectivity index is 1.30. The highest BCUT2D eigenvalue weighted by molar-refractivity contribution is 6.13. The van der Waals surface area contributed by atoms with Crippen molar-refractivity contribution in [2.45, 2.75) is 44.6 Å². The second-order valence-corrected chi connectivity index (χ2v) is 10.7. The van der Waals surface area contributed by atoms with Crippen LogP contribution in [0, 0.1) is 0 Å². The maximum atomic E-state index is 13.5. The van der Waals surface area contributed by atoms with Gasteiger partial charge in [-0.05, 0) is 49.7 Å². The van der Waals surface area contributed by atoms with Crippen LogP contribution >= 0.6 is 0 Å². The molecule has 0 radical (unpaired) electrons. The lowest BCUT2D eigenvalue weighted by Gasteiger charge is -2.40. The van der Waals surface area contributed by atoms with Gasteiger partial charge in [0.15, 0.2) is 0 Å². The Morgan fingerprint density at radius 2 is 1.71 bits per heavy atom. The number of halogens is 6. The SMILES string of the molecule is CC1(C)C(=O)N(Cc2ccc(-c3nnc(C(F)F)o3)cn2)C(=O)c2ccc(N3CCN(CC(F)(F)C(F)F)CC3)cc21. The Hall–Kier alpha value is -4.01. The van der Waals surface area contributed by atoms with Gasteiger partial charge in [-0.2, -0.15) is 17.6 Å². The number of pyridine rings is 1. The quantitative estimate of drug-likeness (QED) is 0.276. The highest BCUT2D eigenvalue weighted by Gasteiger charge is 2.45. The third-order valence-electron chi connectivity index (χ3n) is 7.44. The van der Waals surface area contributed by atoms with Gasteiger partial charge in [0.1, 0.15) is 0 Å². The molecule has 224 valence electrons. The van der Waals surface area contributed by atoms with Crippen LogP contribution in [0.1, 0.15) is 47.8 Å². The summed E-state index contributed by atoms with van der Waals surface area (Å²) in [7, 11) is 0. The van der Waals surface area contributed by atoms with Gasteiger partial charge in [0.25, 0.3) is 11.8 Å². The minimum atomic E-state index is -4.09. The Morgan fingerprint density at radius 1 is 1.00 bits per heavy atom. The van der Waals surface area contributed by atoms with Crippen LogP contribution in [0.5, 0.6) is 0 Å². The Bertz CT molecular complexity index is 1470. The van der Waals surface area contributed by atoms with Crippen LogP contribution in [0.25, 0.3) is 11.5 Å². The van der Waals surface area contributed by atoms with Crippen molar-refractivity contribution in [3.05, 3.63) is 59.2 Å². The number of hydrogen-bond acceptors (Lipinski definition) is 8. The molecule has 2 aromatic heterocycles. The highest BCUT2D eigenvalue weighted by Crippen LogP contribution is 2.38. The molecule has 0 aliphatic carbocycles. The minimum absolute atomic E-state index is 0.139. The summed E-state index contributed by atoms with van der Waals surface area (Å²) in [4.78, 5) is 35.4. The number of rotatable bonds is 8. The van der Waals surface area contributed by atoms with Gasteiger partial charge in [0.05, 0.1) is 29.8 Å². The number of anilines is 1. The van der Waals surface area contributed by atoms with E-state index < -0.39 is 48.4 Å². The van der Waals surface area contributed by atoms with Crippen molar-refractivity contribution in [1.29, 1.82) is 0 Å². The zero-order valence-electron chi connectivity index (χ0n) is 22.5. The second kappa shape index (κ2) is 11.0. The smallest absolute Gasteiger partial charge is 0.319 e. The molecule has 0 bridgehead atoms. The average Bonchev–Trinajstić information content (AvgIpc) is 3.46. The van der Waals surface area contributed by atoms with Gasteiger partial charge in [-0.1, -0.05) is 0 Å². The third-order valence-corrected chi connectivity index (χ3v) is 7.44. The number of fused-ring (bicyclic) bond motifs is 1. The zero-order chi connectivity index (χ0) is 30.4. The van der Waals surface area contributed by atoms with Gasteiger partial charge in [-0.3, -0.25) is 24.4 Å².